The van der Waals surface area contributed by atoms with Gasteiger partial charge in [-0.15, -0.1) is 0 Å². The van der Waals surface area contributed by atoms with Crippen molar-refractivity contribution in [3.05, 3.63) is 34.9 Å². The smallest absolute Gasteiger partial charge is 0.0586 e. The second-order valence-corrected chi connectivity index (χ2v) is 6.42. The Bertz CT molecular complexity index is 427. The van der Waals surface area contributed by atoms with Crippen LogP contribution in [0.3, 0.4) is 0 Å². The zero-order chi connectivity index (χ0) is 15.2. The molecule has 21 heavy (non-hydrogen) atoms. The number of benzene rings is 1. The van der Waals surface area contributed by atoms with E-state index in [1.807, 2.05) is 7.05 Å². The molecule has 0 aliphatic carbocycles. The molecule has 2 atom stereocenters. The lowest BCUT2D eigenvalue weighted by molar-refractivity contribution is 0.0867. The Labute approximate surface area is 129 Å². The number of rotatable bonds is 6. The first-order valence-corrected chi connectivity index (χ1v) is 8.24. The van der Waals surface area contributed by atoms with E-state index in [1.54, 1.807) is 0 Å². The molecular weight excluding hydrogens is 260 g/mol. The molecule has 0 saturated carbocycles. The fraction of sp³-hybridized carbons (Fsp3) is 0.667. The van der Waals surface area contributed by atoms with Crippen LogP contribution in [0.5, 0.6) is 0 Å². The van der Waals surface area contributed by atoms with Gasteiger partial charge in [-0.2, -0.15) is 0 Å². The summed E-state index contributed by atoms with van der Waals surface area (Å²) in [6.07, 6.45) is 4.76. The van der Waals surface area contributed by atoms with E-state index in [4.69, 9.17) is 0 Å². The molecule has 1 aliphatic rings. The number of aliphatic hydroxyl groups excluding tert-OH is 1. The summed E-state index contributed by atoms with van der Waals surface area (Å²) in [4.78, 5) is 2.47. The number of nitrogens with one attached hydrogen (secondary N) is 1. The van der Waals surface area contributed by atoms with Crippen molar-refractivity contribution in [3.63, 3.8) is 0 Å². The van der Waals surface area contributed by atoms with Gasteiger partial charge in [-0.3, -0.25) is 4.90 Å². The molecule has 3 heteroatoms. The second kappa shape index (κ2) is 7.92. The zero-order valence-electron chi connectivity index (χ0n) is 13.7. The molecular formula is C18H30N2O. The minimum Gasteiger partial charge on any atom is -0.395 e. The first-order chi connectivity index (χ1) is 10.1. The van der Waals surface area contributed by atoms with Crippen LogP contribution in [0, 0.1) is 13.8 Å². The number of aryl methyl sites for hydroxylation is 2. The molecule has 1 aliphatic heterocycles. The van der Waals surface area contributed by atoms with Gasteiger partial charge in [0, 0.05) is 18.6 Å². The van der Waals surface area contributed by atoms with E-state index in [2.05, 4.69) is 42.3 Å². The molecule has 118 valence electrons. The summed E-state index contributed by atoms with van der Waals surface area (Å²) >= 11 is 0. The average Bonchev–Trinajstić information content (AvgIpc) is 2.47. The first-order valence-electron chi connectivity index (χ1n) is 8.24. The highest BCUT2D eigenvalue weighted by Gasteiger charge is 2.22. The predicted octanol–water partition coefficient (Wildman–Crippen LogP) is 2.80. The fourth-order valence-corrected chi connectivity index (χ4v) is 3.54. The molecule has 1 saturated heterocycles. The third-order valence-electron chi connectivity index (χ3n) is 4.66. The number of aliphatic hydroxyl groups is 1. The lowest BCUT2D eigenvalue weighted by Crippen LogP contribution is -2.43. The van der Waals surface area contributed by atoms with Crippen LogP contribution < -0.4 is 5.32 Å². The van der Waals surface area contributed by atoms with E-state index in [9.17, 15) is 5.11 Å². The average molecular weight is 290 g/mol. The molecule has 1 heterocycles. The van der Waals surface area contributed by atoms with Gasteiger partial charge >= 0.3 is 0 Å². The van der Waals surface area contributed by atoms with E-state index in [-0.39, 0.29) is 0 Å². The molecule has 3 nitrogen and oxygen atoms in total. The highest BCUT2D eigenvalue weighted by Crippen LogP contribution is 2.22. The van der Waals surface area contributed by atoms with Gasteiger partial charge in [-0.1, -0.05) is 35.7 Å². The van der Waals surface area contributed by atoms with Gasteiger partial charge < -0.3 is 10.4 Å². The highest BCUT2D eigenvalue weighted by molar-refractivity contribution is 5.30. The Hall–Kier alpha value is -0.900. The van der Waals surface area contributed by atoms with Crippen LogP contribution in [0.4, 0.5) is 0 Å². The van der Waals surface area contributed by atoms with Gasteiger partial charge in [-0.25, -0.2) is 0 Å². The highest BCUT2D eigenvalue weighted by atomic mass is 16.3. The summed E-state index contributed by atoms with van der Waals surface area (Å²) in [6.45, 7) is 6.82. The summed E-state index contributed by atoms with van der Waals surface area (Å²) in [7, 11) is 2.04. The maximum atomic E-state index is 9.52. The van der Waals surface area contributed by atoms with Crippen molar-refractivity contribution < 1.29 is 5.11 Å². The maximum absolute atomic E-state index is 9.52. The summed E-state index contributed by atoms with van der Waals surface area (Å²) in [6, 6.07) is 7.56. The van der Waals surface area contributed by atoms with E-state index >= 15 is 0 Å². The minimum absolute atomic E-state index is 0.299. The summed E-state index contributed by atoms with van der Waals surface area (Å²) in [5, 5.41) is 13.0. The summed E-state index contributed by atoms with van der Waals surface area (Å²) < 4.78 is 0. The molecule has 1 aromatic rings. The van der Waals surface area contributed by atoms with Crippen molar-refractivity contribution in [1.29, 1.82) is 0 Å². The van der Waals surface area contributed by atoms with Crippen molar-refractivity contribution in [2.45, 2.75) is 51.6 Å². The third kappa shape index (κ3) is 4.53. The third-order valence-corrected chi connectivity index (χ3v) is 4.66. The lowest BCUT2D eigenvalue weighted by atomic mass is 9.97. The standard InChI is InChI=1S/C18H30N2O/c1-14-10-15(2)12-16(11-14)18(19-3)7-9-20-8-5-4-6-17(20)13-21/h10-12,17-19,21H,4-9,13H2,1-3H3. The molecule has 0 spiro atoms. The zero-order valence-corrected chi connectivity index (χ0v) is 13.7. The molecule has 0 aromatic heterocycles. The van der Waals surface area contributed by atoms with Crippen LogP contribution in [-0.4, -0.2) is 42.8 Å². The van der Waals surface area contributed by atoms with Crippen molar-refractivity contribution >= 4 is 0 Å². The van der Waals surface area contributed by atoms with Crippen molar-refractivity contribution in [2.75, 3.05) is 26.7 Å². The molecule has 0 bridgehead atoms. The van der Waals surface area contributed by atoms with E-state index in [1.165, 1.54) is 29.5 Å². The van der Waals surface area contributed by atoms with Crippen LogP contribution in [0.1, 0.15) is 48.4 Å². The van der Waals surface area contributed by atoms with Gasteiger partial charge in [0.2, 0.25) is 0 Å². The molecule has 2 N–H and O–H groups in total. The summed E-state index contributed by atoms with van der Waals surface area (Å²) in [5.41, 5.74) is 4.04. The molecule has 2 unspecified atom stereocenters. The number of nitrogens with zero attached hydrogens (tertiary/aromatic N) is 1. The number of hydrogen-bond acceptors (Lipinski definition) is 3. The van der Waals surface area contributed by atoms with Crippen LogP contribution >= 0.6 is 0 Å². The fourth-order valence-electron chi connectivity index (χ4n) is 3.54. The Kier molecular flexibility index (Phi) is 6.22. The van der Waals surface area contributed by atoms with Crippen LogP contribution in [0.2, 0.25) is 0 Å². The monoisotopic (exact) mass is 290 g/mol. The molecule has 0 amide bonds. The maximum Gasteiger partial charge on any atom is 0.0586 e. The Morgan fingerprint density at radius 3 is 2.57 bits per heavy atom. The van der Waals surface area contributed by atoms with E-state index in [0.717, 1.165) is 25.9 Å². The lowest BCUT2D eigenvalue weighted by Gasteiger charge is -2.35. The Morgan fingerprint density at radius 2 is 1.95 bits per heavy atom. The number of likely N-dealkylation sites (tertiary alicyclic amines) is 1. The molecule has 1 aromatic carbocycles. The van der Waals surface area contributed by atoms with Gasteiger partial charge in [0.15, 0.2) is 0 Å². The first kappa shape index (κ1) is 16.5. The van der Waals surface area contributed by atoms with E-state index in [0.29, 0.717) is 18.7 Å². The molecule has 2 rings (SSSR count). The summed E-state index contributed by atoms with van der Waals surface area (Å²) in [5.74, 6) is 0. The second-order valence-electron chi connectivity index (χ2n) is 6.42. The quantitative estimate of drug-likeness (QED) is 0.845. The van der Waals surface area contributed by atoms with Crippen LogP contribution in [-0.2, 0) is 0 Å². The largest absolute Gasteiger partial charge is 0.395 e. The van der Waals surface area contributed by atoms with Gasteiger partial charge in [0.1, 0.15) is 0 Å². The number of hydrogen-bond donors (Lipinski definition) is 2. The van der Waals surface area contributed by atoms with E-state index < -0.39 is 0 Å². The van der Waals surface area contributed by atoms with Crippen LogP contribution in [0.25, 0.3) is 0 Å². The predicted molar refractivity (Wildman–Crippen MR) is 88.6 cm³/mol. The Balaban J connectivity index is 1.98. The van der Waals surface area contributed by atoms with Crippen molar-refractivity contribution in [3.8, 4) is 0 Å². The number of piperidine rings is 1. The SMILES string of the molecule is CNC(CCN1CCCCC1CO)c1cc(C)cc(C)c1. The Morgan fingerprint density at radius 1 is 1.24 bits per heavy atom. The molecule has 0 radical (unpaired) electrons. The van der Waals surface area contributed by atoms with Gasteiger partial charge in [-0.05, 0) is 52.3 Å². The van der Waals surface area contributed by atoms with Crippen LogP contribution in [0.15, 0.2) is 18.2 Å². The topological polar surface area (TPSA) is 35.5 Å². The van der Waals surface area contributed by atoms with Crippen molar-refractivity contribution in [1.82, 2.24) is 10.2 Å². The molecule has 1 fully saturated rings. The van der Waals surface area contributed by atoms with Gasteiger partial charge in [0.05, 0.1) is 6.61 Å². The minimum atomic E-state index is 0.299. The normalized spacial score (nSPS) is 21.4. The van der Waals surface area contributed by atoms with Gasteiger partial charge in [0.25, 0.3) is 0 Å². The van der Waals surface area contributed by atoms with Crippen molar-refractivity contribution in [2.24, 2.45) is 0 Å².